The lowest BCUT2D eigenvalue weighted by atomic mass is 10.1. The van der Waals surface area contributed by atoms with Gasteiger partial charge in [-0.15, -0.1) is 0 Å². The third-order valence-electron chi connectivity index (χ3n) is 3.00. The molecule has 0 unspecified atom stereocenters. The van der Waals surface area contributed by atoms with Crippen LogP contribution in [0.5, 0.6) is 0 Å². The Bertz CT molecular complexity index is 665. The van der Waals surface area contributed by atoms with Gasteiger partial charge in [0.1, 0.15) is 5.82 Å². The van der Waals surface area contributed by atoms with Gasteiger partial charge in [-0.1, -0.05) is 42.8 Å². The number of carbonyl (C=O) groups is 1. The fourth-order valence-electron chi connectivity index (χ4n) is 1.79. The van der Waals surface area contributed by atoms with Gasteiger partial charge in [0.15, 0.2) is 0 Å². The van der Waals surface area contributed by atoms with E-state index in [1.165, 1.54) is 29.8 Å². The number of aryl methyl sites for hydroxylation is 1. The lowest BCUT2D eigenvalue weighted by Gasteiger charge is -2.03. The smallest absolute Gasteiger partial charge is 0.248 e. The summed E-state index contributed by atoms with van der Waals surface area (Å²) >= 11 is 5.65. The van der Waals surface area contributed by atoms with Crippen LogP contribution >= 0.6 is 11.6 Å². The van der Waals surface area contributed by atoms with E-state index in [1.807, 2.05) is 24.3 Å². The van der Waals surface area contributed by atoms with Crippen molar-refractivity contribution in [3.63, 3.8) is 0 Å². The summed E-state index contributed by atoms with van der Waals surface area (Å²) in [6.45, 7) is 2.09. The van der Waals surface area contributed by atoms with Crippen molar-refractivity contribution >= 4 is 29.3 Å². The Hall–Kier alpha value is -2.13. The van der Waals surface area contributed by atoms with Crippen LogP contribution in [0.4, 0.5) is 10.1 Å². The largest absolute Gasteiger partial charge is 0.322 e. The molecule has 0 aliphatic carbocycles. The molecule has 2 aromatic rings. The molecule has 1 N–H and O–H groups in total. The second-order valence-corrected chi connectivity index (χ2v) is 4.95. The van der Waals surface area contributed by atoms with E-state index >= 15 is 0 Å². The molecule has 0 atom stereocenters. The van der Waals surface area contributed by atoms with Crippen LogP contribution in [0.15, 0.2) is 48.5 Å². The van der Waals surface area contributed by atoms with E-state index in [0.29, 0.717) is 5.69 Å². The minimum Gasteiger partial charge on any atom is -0.322 e. The molecule has 0 spiro atoms. The molecule has 0 saturated heterocycles. The van der Waals surface area contributed by atoms with Gasteiger partial charge in [-0.25, -0.2) is 4.39 Å². The predicted octanol–water partition coefficient (Wildman–Crippen LogP) is 4.69. The van der Waals surface area contributed by atoms with E-state index in [-0.39, 0.29) is 10.9 Å². The monoisotopic (exact) mass is 303 g/mol. The fourth-order valence-corrected chi connectivity index (χ4v) is 1.97. The molecule has 1 amide bonds. The van der Waals surface area contributed by atoms with Gasteiger partial charge in [-0.05, 0) is 41.8 Å². The number of anilines is 1. The van der Waals surface area contributed by atoms with E-state index in [9.17, 15) is 9.18 Å². The molecule has 2 nitrogen and oxygen atoms in total. The average molecular weight is 304 g/mol. The Balaban J connectivity index is 1.99. The molecule has 0 fully saturated rings. The van der Waals surface area contributed by atoms with E-state index < -0.39 is 5.82 Å². The molecule has 0 radical (unpaired) electrons. The first-order valence-corrected chi connectivity index (χ1v) is 6.99. The van der Waals surface area contributed by atoms with Crippen molar-refractivity contribution in [3.8, 4) is 0 Å². The molecule has 0 saturated carbocycles. The van der Waals surface area contributed by atoms with Crippen molar-refractivity contribution < 1.29 is 9.18 Å². The van der Waals surface area contributed by atoms with Gasteiger partial charge in [0.05, 0.1) is 5.02 Å². The van der Waals surface area contributed by atoms with Crippen LogP contribution in [0.25, 0.3) is 6.08 Å². The molecule has 21 heavy (non-hydrogen) atoms. The Morgan fingerprint density at radius 2 is 1.95 bits per heavy atom. The molecule has 0 bridgehead atoms. The number of nitrogens with one attached hydrogen (secondary N) is 1. The van der Waals surface area contributed by atoms with Crippen molar-refractivity contribution in [2.75, 3.05) is 5.32 Å². The first-order chi connectivity index (χ1) is 10.1. The Morgan fingerprint density at radius 1 is 1.24 bits per heavy atom. The van der Waals surface area contributed by atoms with Crippen molar-refractivity contribution in [2.45, 2.75) is 13.3 Å². The summed E-state index contributed by atoms with van der Waals surface area (Å²) in [5, 5.41) is 2.60. The van der Waals surface area contributed by atoms with E-state index in [0.717, 1.165) is 12.0 Å². The van der Waals surface area contributed by atoms with Crippen LogP contribution in [-0.4, -0.2) is 5.91 Å². The van der Waals surface area contributed by atoms with Crippen molar-refractivity contribution in [2.24, 2.45) is 0 Å². The van der Waals surface area contributed by atoms with Crippen LogP contribution in [0.3, 0.4) is 0 Å². The molecule has 0 aliphatic rings. The quantitative estimate of drug-likeness (QED) is 0.815. The highest BCUT2D eigenvalue weighted by Gasteiger charge is 2.02. The van der Waals surface area contributed by atoms with Crippen molar-refractivity contribution in [3.05, 3.63) is 70.5 Å². The molecule has 2 rings (SSSR count). The van der Waals surface area contributed by atoms with Gasteiger partial charge < -0.3 is 5.32 Å². The number of carbonyl (C=O) groups excluding carboxylic acids is 1. The standard InChI is InChI=1S/C17H15ClFNO/c1-2-12-3-5-13(6-4-12)7-10-17(21)20-14-8-9-16(19)15(18)11-14/h3-11H,2H2,1H3,(H,20,21)/b10-7+. The zero-order chi connectivity index (χ0) is 15.2. The van der Waals surface area contributed by atoms with Crippen LogP contribution < -0.4 is 5.32 Å². The summed E-state index contributed by atoms with van der Waals surface area (Å²) < 4.78 is 13.0. The summed E-state index contributed by atoms with van der Waals surface area (Å²) in [4.78, 5) is 11.8. The maximum atomic E-state index is 13.0. The summed E-state index contributed by atoms with van der Waals surface area (Å²) in [6, 6.07) is 12.0. The number of benzene rings is 2. The molecule has 4 heteroatoms. The summed E-state index contributed by atoms with van der Waals surface area (Å²) in [6.07, 6.45) is 4.13. The van der Waals surface area contributed by atoms with E-state index in [1.54, 1.807) is 6.08 Å². The summed E-state index contributed by atoms with van der Waals surface area (Å²) in [5.74, 6) is -0.807. The Labute approximate surface area is 128 Å². The van der Waals surface area contributed by atoms with E-state index in [4.69, 9.17) is 11.6 Å². The second-order valence-electron chi connectivity index (χ2n) is 4.55. The number of rotatable bonds is 4. The van der Waals surface area contributed by atoms with Gasteiger partial charge >= 0.3 is 0 Å². The molecule has 0 aromatic heterocycles. The maximum Gasteiger partial charge on any atom is 0.248 e. The SMILES string of the molecule is CCc1ccc(/C=C/C(=O)Nc2ccc(F)c(Cl)c2)cc1. The highest BCUT2D eigenvalue weighted by molar-refractivity contribution is 6.31. The van der Waals surface area contributed by atoms with Crippen molar-refractivity contribution in [1.29, 1.82) is 0 Å². The number of halogens is 2. The molecule has 108 valence electrons. The predicted molar refractivity (Wildman–Crippen MR) is 84.9 cm³/mol. The zero-order valence-electron chi connectivity index (χ0n) is 11.6. The van der Waals surface area contributed by atoms with Gasteiger partial charge in [0.25, 0.3) is 0 Å². The van der Waals surface area contributed by atoms with E-state index in [2.05, 4.69) is 12.2 Å². The summed E-state index contributed by atoms with van der Waals surface area (Å²) in [7, 11) is 0. The van der Waals surface area contributed by atoms with Gasteiger partial charge in [0, 0.05) is 11.8 Å². The first kappa shape index (κ1) is 15.3. The lowest BCUT2D eigenvalue weighted by Crippen LogP contribution is -2.07. The third kappa shape index (κ3) is 4.43. The number of amides is 1. The molecule has 2 aromatic carbocycles. The van der Waals surface area contributed by atoms with Crippen LogP contribution in [0.2, 0.25) is 5.02 Å². The fraction of sp³-hybridized carbons (Fsp3) is 0.118. The van der Waals surface area contributed by atoms with Crippen LogP contribution in [-0.2, 0) is 11.2 Å². The molecular formula is C17H15ClFNO. The van der Waals surface area contributed by atoms with Crippen LogP contribution in [0.1, 0.15) is 18.1 Å². The molecule has 0 aliphatic heterocycles. The number of hydrogen-bond acceptors (Lipinski definition) is 1. The van der Waals surface area contributed by atoms with Gasteiger partial charge in [-0.3, -0.25) is 4.79 Å². The average Bonchev–Trinajstić information content (AvgIpc) is 2.49. The van der Waals surface area contributed by atoms with Crippen molar-refractivity contribution in [1.82, 2.24) is 0 Å². The summed E-state index contributed by atoms with van der Waals surface area (Å²) in [5.41, 5.74) is 2.65. The second kappa shape index (κ2) is 7.04. The first-order valence-electron chi connectivity index (χ1n) is 6.61. The minimum atomic E-state index is -0.513. The molecular weight excluding hydrogens is 289 g/mol. The third-order valence-corrected chi connectivity index (χ3v) is 3.29. The van der Waals surface area contributed by atoms with Gasteiger partial charge in [0.2, 0.25) is 5.91 Å². The Kier molecular flexibility index (Phi) is 5.12. The lowest BCUT2D eigenvalue weighted by molar-refractivity contribution is -0.111. The van der Waals surface area contributed by atoms with Gasteiger partial charge in [-0.2, -0.15) is 0 Å². The molecule has 0 heterocycles. The topological polar surface area (TPSA) is 29.1 Å². The zero-order valence-corrected chi connectivity index (χ0v) is 12.3. The highest BCUT2D eigenvalue weighted by Crippen LogP contribution is 2.19. The maximum absolute atomic E-state index is 13.0. The Morgan fingerprint density at radius 3 is 2.57 bits per heavy atom. The normalized spacial score (nSPS) is 10.8. The highest BCUT2D eigenvalue weighted by atomic mass is 35.5. The minimum absolute atomic E-state index is 0.0214. The van der Waals surface area contributed by atoms with Crippen LogP contribution in [0, 0.1) is 5.82 Å². The number of hydrogen-bond donors (Lipinski definition) is 1.